The molecule has 122 valence electrons. The smallest absolute Gasteiger partial charge is 0.268 e. The first-order chi connectivity index (χ1) is 11.5. The average Bonchev–Trinajstić information content (AvgIpc) is 2.82. The van der Waals surface area contributed by atoms with Gasteiger partial charge in [-0.2, -0.15) is 0 Å². The number of hydrogen-bond donors (Lipinski definition) is 0. The van der Waals surface area contributed by atoms with Crippen molar-refractivity contribution in [2.24, 2.45) is 0 Å². The first-order valence-corrected chi connectivity index (χ1v) is 8.67. The van der Waals surface area contributed by atoms with Crippen LogP contribution < -0.4 is 4.90 Å². The fraction of sp³-hybridized carbons (Fsp3) is 0.111. The molecule has 0 spiro atoms. The van der Waals surface area contributed by atoms with Gasteiger partial charge in [0.25, 0.3) is 11.8 Å². The van der Waals surface area contributed by atoms with Gasteiger partial charge in [-0.25, -0.2) is 9.29 Å². The van der Waals surface area contributed by atoms with Gasteiger partial charge in [0.1, 0.15) is 5.82 Å². The van der Waals surface area contributed by atoms with E-state index in [1.807, 2.05) is 25.1 Å². The van der Waals surface area contributed by atoms with Gasteiger partial charge >= 0.3 is 0 Å². The Balaban J connectivity index is 2.09. The number of thioether (sulfide) groups is 1. The van der Waals surface area contributed by atoms with E-state index in [0.29, 0.717) is 21.8 Å². The van der Waals surface area contributed by atoms with Crippen molar-refractivity contribution < 1.29 is 14.0 Å². The predicted octanol–water partition coefficient (Wildman–Crippen LogP) is 4.52. The molecule has 0 fully saturated rings. The Bertz CT molecular complexity index is 851. The van der Waals surface area contributed by atoms with Gasteiger partial charge in [0.2, 0.25) is 0 Å². The summed E-state index contributed by atoms with van der Waals surface area (Å²) in [6.07, 6.45) is 0. The first-order valence-electron chi connectivity index (χ1n) is 7.31. The highest BCUT2D eigenvalue weighted by Gasteiger charge is 2.40. The van der Waals surface area contributed by atoms with Crippen LogP contribution in [0.25, 0.3) is 5.57 Å². The summed E-state index contributed by atoms with van der Waals surface area (Å²) in [5.41, 5.74) is 1.31. The van der Waals surface area contributed by atoms with E-state index in [0.717, 1.165) is 11.0 Å². The van der Waals surface area contributed by atoms with Crippen LogP contribution in [0.2, 0.25) is 5.02 Å². The second-order valence-corrected chi connectivity index (χ2v) is 6.73. The lowest BCUT2D eigenvalue weighted by molar-refractivity contribution is -0.119. The molecule has 2 aromatic carbocycles. The second-order valence-electron chi connectivity index (χ2n) is 5.05. The third-order valence-corrected chi connectivity index (χ3v) is 4.80. The summed E-state index contributed by atoms with van der Waals surface area (Å²) in [5.74, 6) is -0.778. The zero-order chi connectivity index (χ0) is 17.3. The number of nitrogens with zero attached hydrogens (tertiary/aromatic N) is 1. The molecule has 0 saturated heterocycles. The van der Waals surface area contributed by atoms with Crippen molar-refractivity contribution in [3.05, 3.63) is 69.8 Å². The van der Waals surface area contributed by atoms with E-state index in [1.54, 1.807) is 12.1 Å². The highest BCUT2D eigenvalue weighted by molar-refractivity contribution is 8.04. The zero-order valence-corrected chi connectivity index (χ0v) is 14.3. The minimum absolute atomic E-state index is 0.133. The van der Waals surface area contributed by atoms with Crippen LogP contribution in [0.15, 0.2) is 53.4 Å². The van der Waals surface area contributed by atoms with Crippen molar-refractivity contribution in [3.63, 3.8) is 0 Å². The third-order valence-electron chi connectivity index (χ3n) is 3.55. The number of halogens is 2. The molecule has 0 saturated carbocycles. The van der Waals surface area contributed by atoms with Gasteiger partial charge in [-0.3, -0.25) is 9.59 Å². The van der Waals surface area contributed by atoms with Gasteiger partial charge < -0.3 is 0 Å². The molecular weight excluding hydrogens is 349 g/mol. The standard InChI is InChI=1S/C18H13ClFNO2S/c1-2-24-16-15(11-6-4-3-5-7-11)17(22)21(18(16)23)12-8-9-14(20)13(19)10-12/h3-10H,2H2,1H3. The van der Waals surface area contributed by atoms with E-state index in [-0.39, 0.29) is 10.7 Å². The molecule has 1 aliphatic rings. The first kappa shape index (κ1) is 16.7. The van der Waals surface area contributed by atoms with E-state index in [4.69, 9.17) is 11.6 Å². The molecule has 3 rings (SSSR count). The van der Waals surface area contributed by atoms with Crippen molar-refractivity contribution in [3.8, 4) is 0 Å². The molecule has 0 atom stereocenters. The molecular formula is C18H13ClFNO2S. The maximum atomic E-state index is 13.4. The van der Waals surface area contributed by atoms with Crippen molar-refractivity contribution in [2.75, 3.05) is 10.7 Å². The van der Waals surface area contributed by atoms with Gasteiger partial charge in [0.15, 0.2) is 0 Å². The summed E-state index contributed by atoms with van der Waals surface area (Å²) in [6, 6.07) is 12.8. The Morgan fingerprint density at radius 1 is 1.08 bits per heavy atom. The van der Waals surface area contributed by atoms with Gasteiger partial charge in [-0.05, 0) is 29.5 Å². The van der Waals surface area contributed by atoms with Gasteiger partial charge in [0.05, 0.1) is 21.2 Å². The van der Waals surface area contributed by atoms with Gasteiger partial charge in [-0.15, -0.1) is 11.8 Å². The Kier molecular flexibility index (Phi) is 4.73. The van der Waals surface area contributed by atoms with E-state index < -0.39 is 17.6 Å². The molecule has 0 bridgehead atoms. The molecule has 0 aliphatic carbocycles. The average molecular weight is 362 g/mol. The number of hydrogen-bond acceptors (Lipinski definition) is 3. The van der Waals surface area contributed by atoms with Gasteiger partial charge in [0, 0.05) is 0 Å². The van der Waals surface area contributed by atoms with Crippen molar-refractivity contribution in [1.29, 1.82) is 0 Å². The fourth-order valence-electron chi connectivity index (χ4n) is 2.51. The van der Waals surface area contributed by atoms with Crippen molar-refractivity contribution >= 4 is 46.4 Å². The molecule has 1 aliphatic heterocycles. The van der Waals surface area contributed by atoms with E-state index in [1.165, 1.54) is 23.9 Å². The molecule has 0 radical (unpaired) electrons. The lowest BCUT2D eigenvalue weighted by Gasteiger charge is -2.15. The maximum Gasteiger partial charge on any atom is 0.272 e. The highest BCUT2D eigenvalue weighted by Crippen LogP contribution is 2.38. The number of rotatable bonds is 4. The summed E-state index contributed by atoms with van der Waals surface area (Å²) in [5, 5.41) is -0.133. The zero-order valence-electron chi connectivity index (χ0n) is 12.8. The summed E-state index contributed by atoms with van der Waals surface area (Å²) >= 11 is 7.12. The molecule has 6 heteroatoms. The van der Waals surface area contributed by atoms with E-state index in [2.05, 4.69) is 0 Å². The quantitative estimate of drug-likeness (QED) is 0.751. The minimum atomic E-state index is -0.598. The van der Waals surface area contributed by atoms with Crippen LogP contribution in [0.1, 0.15) is 12.5 Å². The van der Waals surface area contributed by atoms with Gasteiger partial charge in [-0.1, -0.05) is 48.9 Å². The third kappa shape index (κ3) is 2.85. The molecule has 0 aromatic heterocycles. The van der Waals surface area contributed by atoms with Crippen LogP contribution >= 0.6 is 23.4 Å². The molecule has 24 heavy (non-hydrogen) atoms. The number of benzene rings is 2. The SMILES string of the molecule is CCSC1=C(c2ccccc2)C(=O)N(c2ccc(F)c(Cl)c2)C1=O. The Labute approximate surface area is 148 Å². The van der Waals surface area contributed by atoms with Crippen LogP contribution in [0.4, 0.5) is 10.1 Å². The second kappa shape index (κ2) is 6.79. The number of imide groups is 1. The molecule has 3 nitrogen and oxygen atoms in total. The fourth-order valence-corrected chi connectivity index (χ4v) is 3.53. The summed E-state index contributed by atoms with van der Waals surface area (Å²) < 4.78 is 13.4. The number of carbonyl (C=O) groups is 2. The number of anilines is 1. The number of amides is 2. The van der Waals surface area contributed by atoms with Crippen LogP contribution in [0.3, 0.4) is 0 Å². The Morgan fingerprint density at radius 2 is 1.79 bits per heavy atom. The normalized spacial score (nSPS) is 14.7. The lowest BCUT2D eigenvalue weighted by atomic mass is 10.1. The number of carbonyl (C=O) groups excluding carboxylic acids is 2. The summed E-state index contributed by atoms with van der Waals surface area (Å²) in [4.78, 5) is 27.1. The molecule has 0 N–H and O–H groups in total. The van der Waals surface area contributed by atoms with E-state index >= 15 is 0 Å². The lowest BCUT2D eigenvalue weighted by Crippen LogP contribution is -2.31. The Hall–Kier alpha value is -2.11. The van der Waals surface area contributed by atoms with Crippen LogP contribution in [0.5, 0.6) is 0 Å². The van der Waals surface area contributed by atoms with E-state index in [9.17, 15) is 14.0 Å². The topological polar surface area (TPSA) is 37.4 Å². The van der Waals surface area contributed by atoms with Crippen LogP contribution in [-0.4, -0.2) is 17.6 Å². The highest BCUT2D eigenvalue weighted by atomic mass is 35.5. The largest absolute Gasteiger partial charge is 0.272 e. The predicted molar refractivity (Wildman–Crippen MR) is 95.4 cm³/mol. The van der Waals surface area contributed by atoms with Crippen LogP contribution in [-0.2, 0) is 9.59 Å². The summed E-state index contributed by atoms with van der Waals surface area (Å²) in [7, 11) is 0. The molecule has 2 aromatic rings. The summed E-state index contributed by atoms with van der Waals surface area (Å²) in [6.45, 7) is 1.91. The Morgan fingerprint density at radius 3 is 2.42 bits per heavy atom. The molecule has 1 heterocycles. The monoisotopic (exact) mass is 361 g/mol. The maximum absolute atomic E-state index is 13.4. The van der Waals surface area contributed by atoms with Crippen molar-refractivity contribution in [1.82, 2.24) is 0 Å². The minimum Gasteiger partial charge on any atom is -0.268 e. The van der Waals surface area contributed by atoms with Crippen LogP contribution in [0, 0.1) is 5.82 Å². The molecule has 2 amide bonds. The van der Waals surface area contributed by atoms with Crippen molar-refractivity contribution in [2.45, 2.75) is 6.92 Å². The molecule has 0 unspecified atom stereocenters.